The van der Waals surface area contributed by atoms with E-state index in [0.717, 1.165) is 39.3 Å². The van der Waals surface area contributed by atoms with Gasteiger partial charge >= 0.3 is 0 Å². The first-order chi connectivity index (χ1) is 14.1. The number of carbonyl (C=O) groups excluding carboxylic acids is 1. The number of para-hydroxylation sites is 1. The fraction of sp³-hybridized carbons (Fsp3) is 0.458. The molecule has 1 heterocycles. The van der Waals surface area contributed by atoms with Gasteiger partial charge in [0.15, 0.2) is 0 Å². The van der Waals surface area contributed by atoms with E-state index in [1.54, 1.807) is 14.0 Å². The van der Waals surface area contributed by atoms with E-state index >= 15 is 0 Å². The number of methoxy groups -OCH3 is 1. The van der Waals surface area contributed by atoms with Gasteiger partial charge in [0.2, 0.25) is 5.91 Å². The largest absolute Gasteiger partial charge is 0.383 e. The summed E-state index contributed by atoms with van der Waals surface area (Å²) in [7, 11) is 1.76. The van der Waals surface area contributed by atoms with Crippen LogP contribution in [0.4, 0.5) is 5.69 Å². The van der Waals surface area contributed by atoms with Gasteiger partial charge < -0.3 is 14.5 Å². The number of ether oxygens (including phenoxy) is 1. The molecule has 0 N–H and O–H groups in total. The molecule has 1 unspecified atom stereocenters. The van der Waals surface area contributed by atoms with Crippen LogP contribution in [0.5, 0.6) is 0 Å². The number of nitrogens with zero attached hydrogens (tertiary/aromatic N) is 3. The first-order valence-electron chi connectivity index (χ1n) is 10.5. The van der Waals surface area contributed by atoms with Crippen LogP contribution in [0.25, 0.3) is 0 Å². The molecule has 0 bridgehead atoms. The van der Waals surface area contributed by atoms with E-state index in [9.17, 15) is 4.79 Å². The minimum absolute atomic E-state index is 0.167. The van der Waals surface area contributed by atoms with E-state index in [4.69, 9.17) is 4.74 Å². The number of amides is 1. The normalized spacial score (nSPS) is 15.6. The molecule has 0 saturated carbocycles. The minimum atomic E-state index is 0.167. The molecule has 1 saturated heterocycles. The van der Waals surface area contributed by atoms with E-state index in [1.807, 2.05) is 4.90 Å². The van der Waals surface area contributed by atoms with Crippen LogP contribution in [0.2, 0.25) is 0 Å². The van der Waals surface area contributed by atoms with Gasteiger partial charge in [-0.1, -0.05) is 48.5 Å². The minimum Gasteiger partial charge on any atom is -0.383 e. The van der Waals surface area contributed by atoms with Gasteiger partial charge in [0.25, 0.3) is 0 Å². The number of rotatable bonds is 8. The molecule has 0 radical (unpaired) electrons. The van der Waals surface area contributed by atoms with E-state index < -0.39 is 0 Å². The summed E-state index contributed by atoms with van der Waals surface area (Å²) in [5.74, 6) is 0.167. The van der Waals surface area contributed by atoms with Gasteiger partial charge in [0, 0.05) is 65.0 Å². The van der Waals surface area contributed by atoms with Crippen LogP contribution >= 0.6 is 0 Å². The van der Waals surface area contributed by atoms with Crippen molar-refractivity contribution in [2.45, 2.75) is 26.4 Å². The lowest BCUT2D eigenvalue weighted by Gasteiger charge is -2.37. The quantitative estimate of drug-likeness (QED) is 0.685. The standard InChI is InChI=1S/C24H33N3O2/c1-20(22-9-5-4-6-10-22)27(17-18-29-3)19-23-11-7-8-12-24(23)26-15-13-25(14-16-26)21(2)28/h4-12,20H,13-19H2,1-3H3. The zero-order valence-corrected chi connectivity index (χ0v) is 17.9. The van der Waals surface area contributed by atoms with Crippen LogP contribution in [-0.2, 0) is 16.1 Å². The zero-order chi connectivity index (χ0) is 20.6. The maximum absolute atomic E-state index is 11.7. The third-order valence-corrected chi connectivity index (χ3v) is 5.84. The Morgan fingerprint density at radius 3 is 2.34 bits per heavy atom. The number of piperazine rings is 1. The summed E-state index contributed by atoms with van der Waals surface area (Å²) in [6.07, 6.45) is 0. The van der Waals surface area contributed by atoms with Crippen molar-refractivity contribution in [3.8, 4) is 0 Å². The van der Waals surface area contributed by atoms with Gasteiger partial charge in [0.05, 0.1) is 6.61 Å². The van der Waals surface area contributed by atoms with Crippen molar-refractivity contribution < 1.29 is 9.53 Å². The molecule has 5 nitrogen and oxygen atoms in total. The van der Waals surface area contributed by atoms with Crippen molar-refractivity contribution in [3.63, 3.8) is 0 Å². The van der Waals surface area contributed by atoms with E-state index in [1.165, 1.54) is 16.8 Å². The van der Waals surface area contributed by atoms with Crippen molar-refractivity contribution in [2.24, 2.45) is 0 Å². The van der Waals surface area contributed by atoms with Gasteiger partial charge in [-0.3, -0.25) is 9.69 Å². The summed E-state index contributed by atoms with van der Waals surface area (Å²) in [4.78, 5) is 18.5. The molecule has 1 atom stereocenters. The van der Waals surface area contributed by atoms with Crippen molar-refractivity contribution in [1.82, 2.24) is 9.80 Å². The second-order valence-corrected chi connectivity index (χ2v) is 7.67. The van der Waals surface area contributed by atoms with Crippen LogP contribution < -0.4 is 4.90 Å². The predicted octanol–water partition coefficient (Wildman–Crippen LogP) is 3.56. The molecule has 2 aromatic carbocycles. The van der Waals surface area contributed by atoms with Crippen LogP contribution in [0.3, 0.4) is 0 Å². The Balaban J connectivity index is 1.77. The van der Waals surface area contributed by atoms with E-state index in [0.29, 0.717) is 12.6 Å². The number of hydrogen-bond acceptors (Lipinski definition) is 4. The predicted molar refractivity (Wildman–Crippen MR) is 118 cm³/mol. The maximum atomic E-state index is 11.7. The Kier molecular flexibility index (Phi) is 7.67. The van der Waals surface area contributed by atoms with E-state index in [-0.39, 0.29) is 5.91 Å². The monoisotopic (exact) mass is 395 g/mol. The average Bonchev–Trinajstić information content (AvgIpc) is 2.77. The summed E-state index contributed by atoms with van der Waals surface area (Å²) < 4.78 is 5.39. The first kappa shape index (κ1) is 21.3. The van der Waals surface area contributed by atoms with Crippen LogP contribution in [0.1, 0.15) is 31.0 Å². The summed E-state index contributed by atoms with van der Waals surface area (Å²) in [6.45, 7) is 9.69. The third kappa shape index (κ3) is 5.58. The molecule has 2 aromatic rings. The van der Waals surface area contributed by atoms with Gasteiger partial charge in [-0.25, -0.2) is 0 Å². The lowest BCUT2D eigenvalue weighted by molar-refractivity contribution is -0.129. The molecule has 29 heavy (non-hydrogen) atoms. The van der Waals surface area contributed by atoms with E-state index in [2.05, 4.69) is 71.3 Å². The van der Waals surface area contributed by atoms with Gasteiger partial charge in [-0.15, -0.1) is 0 Å². The molecule has 1 fully saturated rings. The molecule has 0 aromatic heterocycles. The highest BCUT2D eigenvalue weighted by Crippen LogP contribution is 2.27. The highest BCUT2D eigenvalue weighted by Gasteiger charge is 2.22. The molecule has 1 aliphatic heterocycles. The molecule has 1 aliphatic rings. The lowest BCUT2D eigenvalue weighted by Crippen LogP contribution is -2.48. The molecular weight excluding hydrogens is 362 g/mol. The van der Waals surface area contributed by atoms with Crippen LogP contribution in [-0.4, -0.2) is 62.1 Å². The summed E-state index contributed by atoms with van der Waals surface area (Å²) in [6, 6.07) is 19.6. The topological polar surface area (TPSA) is 36.0 Å². The van der Waals surface area contributed by atoms with Gasteiger partial charge in [-0.2, -0.15) is 0 Å². The molecule has 0 aliphatic carbocycles. The number of carbonyl (C=O) groups is 1. The Hall–Kier alpha value is -2.37. The highest BCUT2D eigenvalue weighted by atomic mass is 16.5. The molecule has 1 amide bonds. The lowest BCUT2D eigenvalue weighted by atomic mass is 10.0. The second kappa shape index (κ2) is 10.4. The highest BCUT2D eigenvalue weighted by molar-refractivity contribution is 5.73. The molecule has 156 valence electrons. The Morgan fingerprint density at radius 1 is 1.03 bits per heavy atom. The maximum Gasteiger partial charge on any atom is 0.219 e. The van der Waals surface area contributed by atoms with Gasteiger partial charge in [0.1, 0.15) is 0 Å². The summed E-state index contributed by atoms with van der Waals surface area (Å²) in [5, 5.41) is 0. The number of hydrogen-bond donors (Lipinski definition) is 0. The Morgan fingerprint density at radius 2 is 1.69 bits per heavy atom. The van der Waals surface area contributed by atoms with Crippen molar-refractivity contribution in [1.29, 1.82) is 0 Å². The van der Waals surface area contributed by atoms with Crippen molar-refractivity contribution in [2.75, 3.05) is 51.3 Å². The fourth-order valence-electron chi connectivity index (χ4n) is 3.99. The van der Waals surface area contributed by atoms with Crippen LogP contribution in [0, 0.1) is 0 Å². The summed E-state index contributed by atoms with van der Waals surface area (Å²) in [5.41, 5.74) is 3.91. The zero-order valence-electron chi connectivity index (χ0n) is 17.9. The second-order valence-electron chi connectivity index (χ2n) is 7.67. The first-order valence-corrected chi connectivity index (χ1v) is 10.5. The molecular formula is C24H33N3O2. The fourth-order valence-corrected chi connectivity index (χ4v) is 3.99. The average molecular weight is 396 g/mol. The molecule has 3 rings (SSSR count). The van der Waals surface area contributed by atoms with Gasteiger partial charge in [-0.05, 0) is 24.1 Å². The third-order valence-electron chi connectivity index (χ3n) is 5.84. The molecule has 0 spiro atoms. The van der Waals surface area contributed by atoms with Crippen LogP contribution in [0.15, 0.2) is 54.6 Å². The SMILES string of the molecule is COCCN(Cc1ccccc1N1CCN(C(C)=O)CC1)C(C)c1ccccc1. The molecule has 5 heteroatoms. The van der Waals surface area contributed by atoms with Crippen molar-refractivity contribution in [3.05, 3.63) is 65.7 Å². The Bertz CT molecular complexity index is 773. The smallest absolute Gasteiger partial charge is 0.219 e. The Labute approximate surface area is 174 Å². The number of anilines is 1. The van der Waals surface area contributed by atoms with Crippen molar-refractivity contribution >= 4 is 11.6 Å². The number of benzene rings is 2. The summed E-state index contributed by atoms with van der Waals surface area (Å²) >= 11 is 0.